The van der Waals surface area contributed by atoms with Crippen LogP contribution in [-0.2, 0) is 0 Å². The molecule has 0 N–H and O–H groups in total. The van der Waals surface area contributed by atoms with Gasteiger partial charge in [0.2, 0.25) is 0 Å². The third-order valence-corrected chi connectivity index (χ3v) is 11.0. The molecule has 10 rings (SSSR count). The van der Waals surface area contributed by atoms with E-state index in [1.54, 1.807) is 0 Å². The predicted molar refractivity (Wildman–Crippen MR) is 236 cm³/mol. The molecule has 0 fully saturated rings. The van der Waals surface area contributed by atoms with Crippen molar-refractivity contribution in [3.63, 3.8) is 0 Å². The average Bonchev–Trinajstić information content (AvgIpc) is 3.68. The summed E-state index contributed by atoms with van der Waals surface area (Å²) in [5.41, 5.74) is 15.5. The van der Waals surface area contributed by atoms with E-state index < -0.39 is 0 Å². The van der Waals surface area contributed by atoms with E-state index in [-0.39, 0.29) is 0 Å². The molecule has 0 radical (unpaired) electrons. The number of allylic oxidation sites excluding steroid dienone is 4. The van der Waals surface area contributed by atoms with Gasteiger partial charge in [-0.3, -0.25) is 4.57 Å². The van der Waals surface area contributed by atoms with Crippen LogP contribution in [0.15, 0.2) is 212 Å². The maximum atomic E-state index is 5.05. The smallest absolute Gasteiger partial charge is 0.145 e. The SMILES string of the molecule is C1=C(c2ccc(-c3ccc(N(c4ccccc4)c4cccc5ccccc45)cc3)cc2)CCC(c2ccc(-c3nc4ccccc4n3-c3ccccc3)cc2)=C1. The number of hydrogen-bond donors (Lipinski definition) is 0. The Morgan fingerprint density at radius 3 is 1.61 bits per heavy atom. The summed E-state index contributed by atoms with van der Waals surface area (Å²) < 4.78 is 2.26. The number of nitrogens with zero attached hydrogens (tertiary/aromatic N) is 3. The minimum atomic E-state index is 0.957. The molecule has 3 nitrogen and oxygen atoms in total. The van der Waals surface area contributed by atoms with E-state index in [1.807, 2.05) is 0 Å². The molecular weight excluding hydrogens is 679 g/mol. The van der Waals surface area contributed by atoms with Crippen molar-refractivity contribution in [2.24, 2.45) is 0 Å². The molecule has 1 aliphatic rings. The first-order valence-electron chi connectivity index (χ1n) is 19.3. The van der Waals surface area contributed by atoms with Crippen LogP contribution >= 0.6 is 0 Å². The summed E-state index contributed by atoms with van der Waals surface area (Å²) in [4.78, 5) is 7.40. The molecular formula is C53H39N3. The standard InChI is InChI=1S/C53H39N3/c1-3-14-46(15-4-1)55(51-21-11-13-44-12-7-8-18-49(44)51)48-36-34-43(35-37-48)41-28-26-39(27-29-41)38-22-24-40(25-23-38)42-30-32-45(33-31-42)53-54-50-19-9-10-20-52(50)56(53)47-16-5-2-6-17-47/h1-22,24,26-37H,23,25H2. The van der Waals surface area contributed by atoms with Gasteiger partial charge in [-0.1, -0.05) is 158 Å². The lowest BCUT2D eigenvalue weighted by Gasteiger charge is -2.27. The second kappa shape index (κ2) is 14.5. The van der Waals surface area contributed by atoms with Crippen molar-refractivity contribution in [1.82, 2.24) is 9.55 Å². The van der Waals surface area contributed by atoms with Crippen molar-refractivity contribution in [3.8, 4) is 28.2 Å². The summed E-state index contributed by atoms with van der Waals surface area (Å²) in [6, 6.07) is 71.5. The molecule has 56 heavy (non-hydrogen) atoms. The first-order chi connectivity index (χ1) is 27.8. The van der Waals surface area contributed by atoms with Crippen molar-refractivity contribution in [2.75, 3.05) is 4.90 Å². The molecule has 0 saturated carbocycles. The van der Waals surface area contributed by atoms with Crippen molar-refractivity contribution in [1.29, 1.82) is 0 Å². The highest BCUT2D eigenvalue weighted by atomic mass is 15.1. The zero-order chi connectivity index (χ0) is 37.3. The molecule has 266 valence electrons. The Morgan fingerprint density at radius 2 is 0.929 bits per heavy atom. The van der Waals surface area contributed by atoms with Gasteiger partial charge < -0.3 is 4.90 Å². The molecule has 0 bridgehead atoms. The number of aromatic nitrogens is 2. The number of para-hydroxylation sites is 4. The molecule has 1 aliphatic carbocycles. The molecule has 0 aliphatic heterocycles. The molecule has 8 aromatic carbocycles. The second-order valence-electron chi connectivity index (χ2n) is 14.3. The van der Waals surface area contributed by atoms with Crippen molar-refractivity contribution in [2.45, 2.75) is 12.8 Å². The van der Waals surface area contributed by atoms with E-state index in [2.05, 4.69) is 222 Å². The largest absolute Gasteiger partial charge is 0.310 e. The fraction of sp³-hybridized carbons (Fsp3) is 0.0377. The summed E-state index contributed by atoms with van der Waals surface area (Å²) in [6.45, 7) is 0. The van der Waals surface area contributed by atoms with Gasteiger partial charge in [0.15, 0.2) is 0 Å². The molecule has 0 atom stereocenters. The zero-order valence-corrected chi connectivity index (χ0v) is 31.0. The van der Waals surface area contributed by atoms with E-state index >= 15 is 0 Å². The number of imidazole rings is 1. The van der Waals surface area contributed by atoms with Gasteiger partial charge in [-0.05, 0) is 106 Å². The van der Waals surface area contributed by atoms with Crippen LogP contribution in [0.1, 0.15) is 24.0 Å². The lowest BCUT2D eigenvalue weighted by molar-refractivity contribution is 1.07. The van der Waals surface area contributed by atoms with Crippen LogP contribution < -0.4 is 4.90 Å². The third kappa shape index (κ3) is 6.29. The highest BCUT2D eigenvalue weighted by molar-refractivity contribution is 5.99. The van der Waals surface area contributed by atoms with E-state index in [1.165, 1.54) is 49.9 Å². The fourth-order valence-corrected chi connectivity index (χ4v) is 8.10. The summed E-state index contributed by atoms with van der Waals surface area (Å²) in [5.74, 6) is 0.957. The van der Waals surface area contributed by atoms with Crippen LogP contribution in [0.4, 0.5) is 17.1 Å². The maximum absolute atomic E-state index is 5.05. The number of rotatable bonds is 8. The predicted octanol–water partition coefficient (Wildman–Crippen LogP) is 14.2. The maximum Gasteiger partial charge on any atom is 0.145 e. The molecule has 9 aromatic rings. The van der Waals surface area contributed by atoms with Crippen molar-refractivity contribution < 1.29 is 0 Å². The lowest BCUT2D eigenvalue weighted by atomic mass is 9.89. The Hall–Kier alpha value is -7.23. The Labute approximate surface area is 327 Å². The topological polar surface area (TPSA) is 21.1 Å². The van der Waals surface area contributed by atoms with Gasteiger partial charge in [-0.25, -0.2) is 4.98 Å². The first-order valence-corrected chi connectivity index (χ1v) is 19.3. The quantitative estimate of drug-likeness (QED) is 0.156. The minimum Gasteiger partial charge on any atom is -0.310 e. The highest BCUT2D eigenvalue weighted by Crippen LogP contribution is 2.40. The van der Waals surface area contributed by atoms with Gasteiger partial charge >= 0.3 is 0 Å². The van der Waals surface area contributed by atoms with Gasteiger partial charge in [0.25, 0.3) is 0 Å². The number of benzene rings is 8. The first kappa shape index (κ1) is 33.3. The summed E-state index contributed by atoms with van der Waals surface area (Å²) in [6.07, 6.45) is 6.62. The lowest BCUT2D eigenvalue weighted by Crippen LogP contribution is -2.10. The van der Waals surface area contributed by atoms with Gasteiger partial charge in [0.05, 0.1) is 16.7 Å². The van der Waals surface area contributed by atoms with Crippen molar-refractivity contribution in [3.05, 3.63) is 223 Å². The van der Waals surface area contributed by atoms with Crippen molar-refractivity contribution >= 4 is 50.0 Å². The van der Waals surface area contributed by atoms with Gasteiger partial charge in [0, 0.05) is 28.0 Å². The van der Waals surface area contributed by atoms with Crippen LogP contribution in [-0.4, -0.2) is 9.55 Å². The summed E-state index contributed by atoms with van der Waals surface area (Å²) in [7, 11) is 0. The fourth-order valence-electron chi connectivity index (χ4n) is 8.10. The Morgan fingerprint density at radius 1 is 0.411 bits per heavy atom. The van der Waals surface area contributed by atoms with Gasteiger partial charge in [0.1, 0.15) is 5.82 Å². The number of anilines is 3. The number of fused-ring (bicyclic) bond motifs is 2. The van der Waals surface area contributed by atoms with Crippen LogP contribution in [0.25, 0.3) is 61.2 Å². The second-order valence-corrected chi connectivity index (χ2v) is 14.3. The third-order valence-electron chi connectivity index (χ3n) is 11.0. The molecule has 0 amide bonds. The van der Waals surface area contributed by atoms with Crippen LogP contribution in [0.2, 0.25) is 0 Å². The van der Waals surface area contributed by atoms with Crippen LogP contribution in [0, 0.1) is 0 Å². The minimum absolute atomic E-state index is 0.957. The monoisotopic (exact) mass is 717 g/mol. The normalized spacial score (nSPS) is 12.7. The molecule has 0 saturated heterocycles. The Balaban J connectivity index is 0.876. The summed E-state index contributed by atoms with van der Waals surface area (Å²) >= 11 is 0. The van der Waals surface area contributed by atoms with Crippen LogP contribution in [0.5, 0.6) is 0 Å². The van der Waals surface area contributed by atoms with Gasteiger partial charge in [-0.15, -0.1) is 0 Å². The molecule has 0 unspecified atom stereocenters. The van der Waals surface area contributed by atoms with Crippen LogP contribution in [0.3, 0.4) is 0 Å². The summed E-state index contributed by atoms with van der Waals surface area (Å²) in [5, 5.41) is 2.46. The highest BCUT2D eigenvalue weighted by Gasteiger charge is 2.17. The van der Waals surface area contributed by atoms with E-state index in [4.69, 9.17) is 4.98 Å². The molecule has 3 heteroatoms. The van der Waals surface area contributed by atoms with Gasteiger partial charge in [-0.2, -0.15) is 0 Å². The zero-order valence-electron chi connectivity index (χ0n) is 31.0. The Bertz CT molecular complexity index is 2860. The van der Waals surface area contributed by atoms with E-state index in [9.17, 15) is 0 Å². The molecule has 0 spiro atoms. The van der Waals surface area contributed by atoms with E-state index in [0.29, 0.717) is 0 Å². The average molecular weight is 718 g/mol. The molecule has 1 aromatic heterocycles. The van der Waals surface area contributed by atoms with E-state index in [0.717, 1.165) is 52.3 Å². The number of hydrogen-bond acceptors (Lipinski definition) is 2. The molecule has 1 heterocycles. The Kier molecular flexibility index (Phi) is 8.66.